The Bertz CT molecular complexity index is 324. The van der Waals surface area contributed by atoms with E-state index >= 15 is 0 Å². The van der Waals surface area contributed by atoms with Gasteiger partial charge in [-0.1, -0.05) is 26.2 Å². The van der Waals surface area contributed by atoms with E-state index in [-0.39, 0.29) is 11.2 Å². The summed E-state index contributed by atoms with van der Waals surface area (Å²) in [4.78, 5) is 0. The predicted octanol–water partition coefficient (Wildman–Crippen LogP) is 2.59. The number of alkyl halides is 1. The van der Waals surface area contributed by atoms with Gasteiger partial charge in [-0.3, -0.25) is 0 Å². The van der Waals surface area contributed by atoms with Crippen molar-refractivity contribution in [1.29, 1.82) is 0 Å². The molecule has 1 fully saturated rings. The summed E-state index contributed by atoms with van der Waals surface area (Å²) >= 11 is 6.11. The fourth-order valence-electron chi connectivity index (χ4n) is 2.57. The molecule has 0 radical (unpaired) electrons. The first kappa shape index (κ1) is 16.3. The van der Waals surface area contributed by atoms with Gasteiger partial charge in [-0.2, -0.15) is 0 Å². The molecule has 18 heavy (non-hydrogen) atoms. The lowest BCUT2D eigenvalue weighted by atomic mass is 9.75. The number of hydrogen-bond acceptors (Lipinski definition) is 3. The Morgan fingerprint density at radius 2 is 1.89 bits per heavy atom. The quantitative estimate of drug-likeness (QED) is 0.553. The maximum atomic E-state index is 11.3. The van der Waals surface area contributed by atoms with Crippen LogP contribution in [0.3, 0.4) is 0 Å². The van der Waals surface area contributed by atoms with Crippen LogP contribution in [0.15, 0.2) is 0 Å². The summed E-state index contributed by atoms with van der Waals surface area (Å²) in [6.07, 6.45) is 6.99. The van der Waals surface area contributed by atoms with Crippen LogP contribution in [0.1, 0.15) is 45.4 Å². The van der Waals surface area contributed by atoms with Gasteiger partial charge in [0.1, 0.15) is 9.84 Å². The lowest BCUT2D eigenvalue weighted by molar-refractivity contribution is 0.213. The molecular formula is C13H26ClNO2S. The van der Waals surface area contributed by atoms with Gasteiger partial charge in [-0.15, -0.1) is 11.6 Å². The molecule has 1 aliphatic rings. The SMILES string of the molecule is CCS(=O)(=O)CCCNCC1(CCl)CCCCC1. The summed E-state index contributed by atoms with van der Waals surface area (Å²) in [6, 6.07) is 0. The van der Waals surface area contributed by atoms with E-state index in [2.05, 4.69) is 5.32 Å². The minimum Gasteiger partial charge on any atom is -0.316 e. The molecule has 5 heteroatoms. The fourth-order valence-corrected chi connectivity index (χ4v) is 3.81. The highest BCUT2D eigenvalue weighted by molar-refractivity contribution is 7.91. The van der Waals surface area contributed by atoms with E-state index in [1.807, 2.05) is 0 Å². The molecule has 0 aromatic rings. The van der Waals surface area contributed by atoms with Crippen molar-refractivity contribution in [3.63, 3.8) is 0 Å². The molecule has 3 nitrogen and oxygen atoms in total. The Hall–Kier alpha value is 0.200. The molecule has 0 atom stereocenters. The zero-order chi connectivity index (χ0) is 13.5. The molecule has 0 bridgehead atoms. The average Bonchev–Trinajstić information content (AvgIpc) is 2.39. The average molecular weight is 296 g/mol. The van der Waals surface area contributed by atoms with Crippen molar-refractivity contribution < 1.29 is 8.42 Å². The number of sulfone groups is 1. The molecule has 0 unspecified atom stereocenters. The highest BCUT2D eigenvalue weighted by Gasteiger charge is 2.30. The Balaban J connectivity index is 2.20. The van der Waals surface area contributed by atoms with Crippen LogP contribution in [-0.4, -0.2) is 38.9 Å². The topological polar surface area (TPSA) is 46.2 Å². The van der Waals surface area contributed by atoms with Crippen molar-refractivity contribution in [3.8, 4) is 0 Å². The molecule has 1 saturated carbocycles. The minimum absolute atomic E-state index is 0.249. The third kappa shape index (κ3) is 5.45. The zero-order valence-electron chi connectivity index (χ0n) is 11.4. The summed E-state index contributed by atoms with van der Waals surface area (Å²) in [6.45, 7) is 3.41. The van der Waals surface area contributed by atoms with E-state index in [0.29, 0.717) is 18.1 Å². The molecule has 1 rings (SSSR count). The smallest absolute Gasteiger partial charge is 0.150 e. The molecule has 0 aromatic heterocycles. The van der Waals surface area contributed by atoms with Crippen LogP contribution in [0.25, 0.3) is 0 Å². The summed E-state index contributed by atoms with van der Waals surface area (Å²) in [7, 11) is -2.81. The van der Waals surface area contributed by atoms with E-state index in [1.165, 1.54) is 32.1 Å². The van der Waals surface area contributed by atoms with Crippen LogP contribution < -0.4 is 5.32 Å². The van der Waals surface area contributed by atoms with Crippen molar-refractivity contribution in [3.05, 3.63) is 0 Å². The fraction of sp³-hybridized carbons (Fsp3) is 1.00. The molecule has 0 spiro atoms. The van der Waals surface area contributed by atoms with Crippen molar-refractivity contribution in [2.24, 2.45) is 5.41 Å². The van der Waals surface area contributed by atoms with Gasteiger partial charge in [0.05, 0.1) is 5.75 Å². The number of halogens is 1. The lowest BCUT2D eigenvalue weighted by Crippen LogP contribution is -2.38. The van der Waals surface area contributed by atoms with Gasteiger partial charge >= 0.3 is 0 Å². The molecule has 1 N–H and O–H groups in total. The van der Waals surface area contributed by atoms with Gasteiger partial charge in [-0.25, -0.2) is 8.42 Å². The summed E-state index contributed by atoms with van der Waals surface area (Å²) in [5, 5.41) is 3.39. The Kier molecular flexibility index (Phi) is 6.96. The second-order valence-corrected chi connectivity index (χ2v) is 8.20. The van der Waals surface area contributed by atoms with Crippen LogP contribution in [0, 0.1) is 5.41 Å². The molecule has 1 aliphatic carbocycles. The second-order valence-electron chi connectivity index (χ2n) is 5.46. The molecular weight excluding hydrogens is 270 g/mol. The molecule has 0 saturated heterocycles. The van der Waals surface area contributed by atoms with Gasteiger partial charge in [0, 0.05) is 18.2 Å². The second kappa shape index (κ2) is 7.71. The van der Waals surface area contributed by atoms with E-state index in [0.717, 1.165) is 13.1 Å². The molecule has 108 valence electrons. The Morgan fingerprint density at radius 1 is 1.22 bits per heavy atom. The predicted molar refractivity (Wildman–Crippen MR) is 78.1 cm³/mol. The van der Waals surface area contributed by atoms with Gasteiger partial charge in [-0.05, 0) is 31.2 Å². The summed E-state index contributed by atoms with van der Waals surface area (Å²) < 4.78 is 22.7. The van der Waals surface area contributed by atoms with Gasteiger partial charge < -0.3 is 5.32 Å². The molecule has 0 aliphatic heterocycles. The largest absolute Gasteiger partial charge is 0.316 e. The summed E-state index contributed by atoms with van der Waals surface area (Å²) in [5.74, 6) is 1.26. The molecule has 0 amide bonds. The van der Waals surface area contributed by atoms with Gasteiger partial charge in [0.2, 0.25) is 0 Å². The minimum atomic E-state index is -2.81. The van der Waals surface area contributed by atoms with Crippen molar-refractivity contribution in [2.75, 3.05) is 30.5 Å². The summed E-state index contributed by atoms with van der Waals surface area (Å²) in [5.41, 5.74) is 0.253. The van der Waals surface area contributed by atoms with Crippen molar-refractivity contribution in [1.82, 2.24) is 5.32 Å². The number of rotatable bonds is 8. The standard InChI is InChI=1S/C13H26ClNO2S/c1-2-18(16,17)10-6-9-15-12-13(11-14)7-4-3-5-8-13/h15H,2-12H2,1H3. The highest BCUT2D eigenvalue weighted by Crippen LogP contribution is 2.36. The first-order valence-corrected chi connectivity index (χ1v) is 9.36. The van der Waals surface area contributed by atoms with Crippen LogP contribution in [-0.2, 0) is 9.84 Å². The molecule has 0 heterocycles. The van der Waals surface area contributed by atoms with Crippen LogP contribution >= 0.6 is 11.6 Å². The monoisotopic (exact) mass is 295 g/mol. The van der Waals surface area contributed by atoms with E-state index < -0.39 is 9.84 Å². The first-order chi connectivity index (χ1) is 8.54. The highest BCUT2D eigenvalue weighted by atomic mass is 35.5. The first-order valence-electron chi connectivity index (χ1n) is 7.01. The third-order valence-corrected chi connectivity index (χ3v) is 6.30. The maximum Gasteiger partial charge on any atom is 0.150 e. The van der Waals surface area contributed by atoms with E-state index in [1.54, 1.807) is 6.92 Å². The van der Waals surface area contributed by atoms with Crippen LogP contribution in [0.2, 0.25) is 0 Å². The number of hydrogen-bond donors (Lipinski definition) is 1. The van der Waals surface area contributed by atoms with Crippen LogP contribution in [0.5, 0.6) is 0 Å². The lowest BCUT2D eigenvalue weighted by Gasteiger charge is -2.35. The third-order valence-electron chi connectivity index (χ3n) is 3.95. The zero-order valence-corrected chi connectivity index (χ0v) is 13.0. The maximum absolute atomic E-state index is 11.3. The normalized spacial score (nSPS) is 19.9. The van der Waals surface area contributed by atoms with E-state index in [4.69, 9.17) is 11.6 Å². The number of nitrogens with one attached hydrogen (secondary N) is 1. The van der Waals surface area contributed by atoms with Crippen molar-refractivity contribution >= 4 is 21.4 Å². The molecule has 0 aromatic carbocycles. The van der Waals surface area contributed by atoms with Gasteiger partial charge in [0.25, 0.3) is 0 Å². The van der Waals surface area contributed by atoms with E-state index in [9.17, 15) is 8.42 Å². The van der Waals surface area contributed by atoms with Crippen LogP contribution in [0.4, 0.5) is 0 Å². The Morgan fingerprint density at radius 3 is 2.44 bits per heavy atom. The van der Waals surface area contributed by atoms with Crippen molar-refractivity contribution in [2.45, 2.75) is 45.4 Å². The van der Waals surface area contributed by atoms with Gasteiger partial charge in [0.15, 0.2) is 0 Å². The Labute approximate surface area is 117 Å².